The lowest BCUT2D eigenvalue weighted by molar-refractivity contribution is -0.121. The Morgan fingerprint density at radius 2 is 1.94 bits per heavy atom. The van der Waals surface area contributed by atoms with Crippen LogP contribution in [0.3, 0.4) is 0 Å². The zero-order valence-corrected chi connectivity index (χ0v) is 18.8. The van der Waals surface area contributed by atoms with Crippen LogP contribution in [-0.4, -0.2) is 20.4 Å². The third-order valence-electron chi connectivity index (χ3n) is 4.26. The topological polar surface area (TPSA) is 70.5 Å². The Balaban J connectivity index is 1.37. The van der Waals surface area contributed by atoms with Crippen LogP contribution in [0.5, 0.6) is 0 Å². The molecule has 2 aromatic carbocycles. The normalized spacial score (nSPS) is 10.8. The standard InChI is InChI=1S/C20H14Cl2FN5OS2/c21-12-3-6-16(15(22)7-12)24-19(30)27-26-18(29)8-14-10-31-20-25-17(9-28(14)20)11-1-4-13(23)5-2-11/h1-7,9-10H,8H2,(H,26,29)(H2,24,27,30). The van der Waals surface area contributed by atoms with Crippen molar-refractivity contribution in [1.29, 1.82) is 0 Å². The van der Waals surface area contributed by atoms with E-state index in [2.05, 4.69) is 21.2 Å². The fourth-order valence-corrected chi connectivity index (χ4v) is 4.29. The predicted molar refractivity (Wildman–Crippen MR) is 126 cm³/mol. The number of hydrogen-bond acceptors (Lipinski definition) is 4. The van der Waals surface area contributed by atoms with Crippen molar-refractivity contribution in [3.05, 3.63) is 75.6 Å². The molecule has 4 aromatic rings. The van der Waals surface area contributed by atoms with Gasteiger partial charge in [-0.05, 0) is 54.7 Å². The van der Waals surface area contributed by atoms with Crippen molar-refractivity contribution < 1.29 is 9.18 Å². The number of thiazole rings is 1. The van der Waals surface area contributed by atoms with Crippen molar-refractivity contribution in [2.45, 2.75) is 6.42 Å². The summed E-state index contributed by atoms with van der Waals surface area (Å²) in [4.78, 5) is 17.6. The predicted octanol–water partition coefficient (Wildman–Crippen LogP) is 5.07. The molecule has 31 heavy (non-hydrogen) atoms. The second kappa shape index (κ2) is 9.19. The second-order valence-electron chi connectivity index (χ2n) is 6.44. The van der Waals surface area contributed by atoms with Crippen LogP contribution in [0.1, 0.15) is 5.69 Å². The Morgan fingerprint density at radius 3 is 2.68 bits per heavy atom. The molecule has 0 unspecified atom stereocenters. The molecule has 11 heteroatoms. The fraction of sp³-hybridized carbons (Fsp3) is 0.0500. The molecule has 0 aliphatic rings. The summed E-state index contributed by atoms with van der Waals surface area (Å²) >= 11 is 18.5. The van der Waals surface area contributed by atoms with Crippen molar-refractivity contribution in [2.24, 2.45) is 0 Å². The first-order valence-electron chi connectivity index (χ1n) is 8.91. The van der Waals surface area contributed by atoms with Crippen molar-refractivity contribution in [1.82, 2.24) is 20.2 Å². The molecule has 2 aromatic heterocycles. The van der Waals surface area contributed by atoms with Gasteiger partial charge >= 0.3 is 0 Å². The van der Waals surface area contributed by atoms with Gasteiger partial charge in [0, 0.05) is 27.9 Å². The number of anilines is 1. The summed E-state index contributed by atoms with van der Waals surface area (Å²) in [6.07, 6.45) is 1.93. The average molecular weight is 494 g/mol. The minimum absolute atomic E-state index is 0.108. The largest absolute Gasteiger partial charge is 0.330 e. The molecule has 0 bridgehead atoms. The van der Waals surface area contributed by atoms with E-state index in [0.717, 1.165) is 16.2 Å². The number of rotatable bonds is 4. The maximum absolute atomic E-state index is 13.1. The Morgan fingerprint density at radius 1 is 1.16 bits per heavy atom. The highest BCUT2D eigenvalue weighted by molar-refractivity contribution is 7.80. The highest BCUT2D eigenvalue weighted by atomic mass is 35.5. The monoisotopic (exact) mass is 493 g/mol. The summed E-state index contributed by atoms with van der Waals surface area (Å²) in [5, 5.41) is 5.83. The number of amides is 1. The molecule has 0 spiro atoms. The van der Waals surface area contributed by atoms with Gasteiger partial charge in [-0.3, -0.25) is 20.0 Å². The minimum Gasteiger partial charge on any atom is -0.330 e. The van der Waals surface area contributed by atoms with E-state index < -0.39 is 0 Å². The van der Waals surface area contributed by atoms with Gasteiger partial charge in [-0.25, -0.2) is 9.37 Å². The molecule has 0 fully saturated rings. The molecule has 2 heterocycles. The van der Waals surface area contributed by atoms with Crippen LogP contribution in [0, 0.1) is 5.82 Å². The van der Waals surface area contributed by atoms with E-state index in [1.165, 1.54) is 23.5 Å². The molecule has 0 aliphatic heterocycles. The lowest BCUT2D eigenvalue weighted by Gasteiger charge is -2.12. The average Bonchev–Trinajstić information content (AvgIpc) is 3.31. The van der Waals surface area contributed by atoms with Gasteiger partial charge in [-0.2, -0.15) is 0 Å². The summed E-state index contributed by atoms with van der Waals surface area (Å²) in [6.45, 7) is 0. The van der Waals surface area contributed by atoms with Crippen molar-refractivity contribution in [2.75, 3.05) is 5.32 Å². The lowest BCUT2D eigenvalue weighted by atomic mass is 10.2. The Hall–Kier alpha value is -2.72. The third kappa shape index (κ3) is 5.13. The van der Waals surface area contributed by atoms with E-state index in [-0.39, 0.29) is 23.3 Å². The SMILES string of the molecule is O=C(Cc1csc2nc(-c3ccc(F)cc3)cn12)NNC(=S)Nc1ccc(Cl)cc1Cl. The second-order valence-corrected chi connectivity index (χ2v) is 8.53. The number of aromatic nitrogens is 2. The van der Waals surface area contributed by atoms with Crippen LogP contribution < -0.4 is 16.2 Å². The highest BCUT2D eigenvalue weighted by Gasteiger charge is 2.13. The zero-order valence-electron chi connectivity index (χ0n) is 15.7. The Labute approximate surface area is 196 Å². The molecular formula is C20H14Cl2FN5OS2. The van der Waals surface area contributed by atoms with Crippen LogP contribution in [-0.2, 0) is 11.2 Å². The number of hydrazine groups is 1. The lowest BCUT2D eigenvalue weighted by Crippen LogP contribution is -2.44. The van der Waals surface area contributed by atoms with E-state index in [1.807, 2.05) is 16.0 Å². The maximum Gasteiger partial charge on any atom is 0.244 e. The van der Waals surface area contributed by atoms with E-state index in [9.17, 15) is 9.18 Å². The smallest absolute Gasteiger partial charge is 0.244 e. The maximum atomic E-state index is 13.1. The van der Waals surface area contributed by atoms with Crippen LogP contribution in [0.2, 0.25) is 10.0 Å². The minimum atomic E-state index is -0.305. The number of nitrogens with one attached hydrogen (secondary N) is 3. The molecule has 158 valence electrons. The van der Waals surface area contributed by atoms with Gasteiger partial charge in [-0.1, -0.05) is 23.2 Å². The molecule has 0 radical (unpaired) electrons. The number of thiocarbonyl (C=S) groups is 1. The highest BCUT2D eigenvalue weighted by Crippen LogP contribution is 2.25. The van der Waals surface area contributed by atoms with Crippen LogP contribution in [0.15, 0.2) is 54.0 Å². The summed E-state index contributed by atoms with van der Waals surface area (Å²) in [7, 11) is 0. The van der Waals surface area contributed by atoms with E-state index in [1.54, 1.807) is 30.3 Å². The van der Waals surface area contributed by atoms with Gasteiger partial charge in [0.1, 0.15) is 5.82 Å². The van der Waals surface area contributed by atoms with Crippen LogP contribution in [0.25, 0.3) is 16.2 Å². The van der Waals surface area contributed by atoms with Gasteiger partial charge in [0.25, 0.3) is 0 Å². The Kier molecular flexibility index (Phi) is 6.38. The van der Waals surface area contributed by atoms with Gasteiger partial charge in [0.05, 0.1) is 22.8 Å². The summed E-state index contributed by atoms with van der Waals surface area (Å²) < 4.78 is 15.0. The molecule has 4 rings (SSSR count). The zero-order chi connectivity index (χ0) is 22.0. The number of imidazole rings is 1. The van der Waals surface area contributed by atoms with E-state index in [4.69, 9.17) is 35.4 Å². The van der Waals surface area contributed by atoms with Gasteiger partial charge in [-0.15, -0.1) is 11.3 Å². The number of halogens is 3. The van der Waals surface area contributed by atoms with Crippen molar-refractivity contribution >= 4 is 68.4 Å². The van der Waals surface area contributed by atoms with Gasteiger partial charge in [0.2, 0.25) is 5.91 Å². The van der Waals surface area contributed by atoms with Crippen molar-refractivity contribution in [3.63, 3.8) is 0 Å². The number of benzene rings is 2. The first kappa shape index (κ1) is 21.5. The van der Waals surface area contributed by atoms with Crippen LogP contribution >= 0.6 is 46.8 Å². The quantitative estimate of drug-likeness (QED) is 0.273. The molecule has 3 N–H and O–H groups in total. The van der Waals surface area contributed by atoms with Gasteiger partial charge in [0.15, 0.2) is 10.1 Å². The first-order chi connectivity index (χ1) is 14.9. The van der Waals surface area contributed by atoms with Gasteiger partial charge < -0.3 is 5.32 Å². The first-order valence-corrected chi connectivity index (χ1v) is 11.0. The number of fused-ring (bicyclic) bond motifs is 1. The number of carbonyl (C=O) groups excluding carboxylic acids is 1. The summed E-state index contributed by atoms with van der Waals surface area (Å²) in [6, 6.07) is 11.0. The molecule has 0 aliphatic carbocycles. The molecule has 0 atom stereocenters. The molecular weight excluding hydrogens is 480 g/mol. The number of hydrogen-bond donors (Lipinski definition) is 3. The number of carbonyl (C=O) groups is 1. The molecule has 0 saturated heterocycles. The summed E-state index contributed by atoms with van der Waals surface area (Å²) in [5.41, 5.74) is 8.02. The molecule has 6 nitrogen and oxygen atoms in total. The van der Waals surface area contributed by atoms with E-state index >= 15 is 0 Å². The molecule has 0 saturated carbocycles. The Bertz CT molecular complexity index is 1270. The summed E-state index contributed by atoms with van der Waals surface area (Å²) in [5.74, 6) is -0.594. The molecule has 1 amide bonds. The third-order valence-corrected chi connectivity index (χ3v) is 5.90. The van der Waals surface area contributed by atoms with E-state index in [0.29, 0.717) is 21.4 Å². The van der Waals surface area contributed by atoms with Crippen LogP contribution in [0.4, 0.5) is 10.1 Å². The fourth-order valence-electron chi connectivity index (χ4n) is 2.80. The van der Waals surface area contributed by atoms with Crippen molar-refractivity contribution in [3.8, 4) is 11.3 Å². The number of nitrogens with zero attached hydrogens (tertiary/aromatic N) is 2.